The van der Waals surface area contributed by atoms with Crippen LogP contribution in [0, 0.1) is 5.92 Å². The Morgan fingerprint density at radius 1 is 1.33 bits per heavy atom. The number of hydrogen-bond acceptors (Lipinski definition) is 5. The summed E-state index contributed by atoms with van der Waals surface area (Å²) in [5, 5.41) is 12.4. The van der Waals surface area contributed by atoms with E-state index in [1.54, 1.807) is 6.33 Å². The number of likely N-dealkylation sites (tertiary alicyclic amines) is 1. The van der Waals surface area contributed by atoms with E-state index in [-0.39, 0.29) is 5.91 Å². The Morgan fingerprint density at radius 2 is 2.15 bits per heavy atom. The number of piperidine rings is 1. The Labute approximate surface area is 169 Å². The van der Waals surface area contributed by atoms with Gasteiger partial charge in [0.1, 0.15) is 6.33 Å². The monoisotopic (exact) mass is 407 g/mol. The molecule has 146 valence electrons. The third-order valence-electron chi connectivity index (χ3n) is 4.60. The maximum atomic E-state index is 12.2. The zero-order valence-corrected chi connectivity index (χ0v) is 17.2. The first-order chi connectivity index (χ1) is 13.1. The number of thioether (sulfide) groups is 1. The van der Waals surface area contributed by atoms with Gasteiger partial charge in [0.25, 0.3) is 0 Å². The molecule has 3 rings (SSSR count). The largest absolute Gasteiger partial charge is 0.355 e. The van der Waals surface area contributed by atoms with Crippen LogP contribution in [0.15, 0.2) is 35.7 Å². The van der Waals surface area contributed by atoms with E-state index in [2.05, 4.69) is 27.3 Å². The van der Waals surface area contributed by atoms with Crippen LogP contribution in [0.4, 0.5) is 0 Å². The normalized spacial score (nSPS) is 16.2. The van der Waals surface area contributed by atoms with E-state index in [4.69, 9.17) is 11.6 Å². The number of carbonyl (C=O) groups is 1. The molecule has 0 radical (unpaired) electrons. The Bertz CT molecular complexity index is 747. The molecule has 1 N–H and O–H groups in total. The average molecular weight is 408 g/mol. The molecule has 1 amide bonds. The van der Waals surface area contributed by atoms with Crippen molar-refractivity contribution in [3.8, 4) is 5.69 Å². The summed E-state index contributed by atoms with van der Waals surface area (Å²) in [6.07, 6.45) is 5.57. The van der Waals surface area contributed by atoms with Gasteiger partial charge >= 0.3 is 0 Å². The number of nitrogens with zero attached hydrogens (tertiary/aromatic N) is 4. The fourth-order valence-electron chi connectivity index (χ4n) is 3.24. The Hall–Kier alpha value is -1.57. The maximum Gasteiger partial charge on any atom is 0.230 e. The van der Waals surface area contributed by atoms with Gasteiger partial charge in [-0.05, 0) is 50.0 Å². The predicted molar refractivity (Wildman–Crippen MR) is 110 cm³/mol. The van der Waals surface area contributed by atoms with Crippen molar-refractivity contribution in [2.24, 2.45) is 5.92 Å². The second kappa shape index (κ2) is 10.1. The molecule has 0 saturated carbocycles. The number of nitrogens with one attached hydrogen (secondary N) is 1. The van der Waals surface area contributed by atoms with E-state index in [1.165, 1.54) is 44.1 Å². The van der Waals surface area contributed by atoms with Crippen molar-refractivity contribution in [3.05, 3.63) is 35.6 Å². The van der Waals surface area contributed by atoms with E-state index < -0.39 is 0 Å². The molecule has 8 heteroatoms. The highest BCUT2D eigenvalue weighted by Crippen LogP contribution is 2.21. The molecule has 6 nitrogen and oxygen atoms in total. The van der Waals surface area contributed by atoms with Crippen LogP contribution in [0.5, 0.6) is 0 Å². The molecule has 1 aliphatic heterocycles. The van der Waals surface area contributed by atoms with Crippen molar-refractivity contribution in [1.82, 2.24) is 25.0 Å². The van der Waals surface area contributed by atoms with Crippen LogP contribution >= 0.6 is 23.4 Å². The van der Waals surface area contributed by atoms with Gasteiger partial charge in [0.15, 0.2) is 5.16 Å². The van der Waals surface area contributed by atoms with Crippen molar-refractivity contribution in [2.45, 2.75) is 31.3 Å². The van der Waals surface area contributed by atoms with Crippen molar-refractivity contribution < 1.29 is 4.79 Å². The molecule has 1 aromatic carbocycles. The van der Waals surface area contributed by atoms with Crippen LogP contribution in [0.2, 0.25) is 5.02 Å². The molecule has 1 aliphatic rings. The Balaban J connectivity index is 1.44. The first kappa shape index (κ1) is 20.2. The third kappa shape index (κ3) is 6.23. The second-order valence-electron chi connectivity index (χ2n) is 7.02. The second-order valence-corrected chi connectivity index (χ2v) is 8.40. The van der Waals surface area contributed by atoms with Gasteiger partial charge in [0, 0.05) is 18.1 Å². The number of amides is 1. The molecule has 1 atom stereocenters. The molecule has 2 aromatic rings. The highest BCUT2D eigenvalue weighted by molar-refractivity contribution is 7.99. The van der Waals surface area contributed by atoms with Crippen molar-refractivity contribution in [1.29, 1.82) is 0 Å². The summed E-state index contributed by atoms with van der Waals surface area (Å²) >= 11 is 7.43. The van der Waals surface area contributed by atoms with Gasteiger partial charge in [-0.2, -0.15) is 0 Å². The molecular formula is C19H26ClN5OS. The summed E-state index contributed by atoms with van der Waals surface area (Å²) in [6, 6.07) is 7.47. The fraction of sp³-hybridized carbons (Fsp3) is 0.526. The summed E-state index contributed by atoms with van der Waals surface area (Å²) in [6.45, 7) is 6.33. The van der Waals surface area contributed by atoms with Crippen LogP contribution in [0.25, 0.3) is 5.69 Å². The number of rotatable bonds is 8. The van der Waals surface area contributed by atoms with Crippen LogP contribution in [0.3, 0.4) is 0 Å². The van der Waals surface area contributed by atoms with Gasteiger partial charge in [0.2, 0.25) is 5.91 Å². The standard InChI is InChI=1S/C19H26ClN5OS/c1-15(12-24-8-3-2-4-9-24)11-21-18(26)13-27-19-23-22-14-25(19)17-7-5-6-16(20)10-17/h5-7,10,14-15H,2-4,8-9,11-13H2,1H3,(H,21,26). The van der Waals surface area contributed by atoms with E-state index in [1.807, 2.05) is 28.8 Å². The zero-order valence-electron chi connectivity index (χ0n) is 15.6. The summed E-state index contributed by atoms with van der Waals surface area (Å²) in [5.74, 6) is 0.786. The first-order valence-corrected chi connectivity index (χ1v) is 10.8. The number of aromatic nitrogens is 3. The third-order valence-corrected chi connectivity index (χ3v) is 5.78. The van der Waals surface area contributed by atoms with Crippen molar-refractivity contribution in [2.75, 3.05) is 31.9 Å². The van der Waals surface area contributed by atoms with Crippen molar-refractivity contribution in [3.63, 3.8) is 0 Å². The Morgan fingerprint density at radius 3 is 2.93 bits per heavy atom. The molecule has 0 bridgehead atoms. The minimum atomic E-state index is 0.0196. The number of halogens is 1. The number of benzene rings is 1. The van der Waals surface area contributed by atoms with Crippen LogP contribution in [-0.2, 0) is 4.79 Å². The molecule has 0 spiro atoms. The lowest BCUT2D eigenvalue weighted by molar-refractivity contribution is -0.118. The topological polar surface area (TPSA) is 63.1 Å². The predicted octanol–water partition coefficient (Wildman–Crippen LogP) is 3.25. The van der Waals surface area contributed by atoms with Crippen LogP contribution in [-0.4, -0.2) is 57.5 Å². The van der Waals surface area contributed by atoms with E-state index in [0.29, 0.717) is 28.4 Å². The van der Waals surface area contributed by atoms with E-state index >= 15 is 0 Å². The summed E-state index contributed by atoms with van der Waals surface area (Å²) in [7, 11) is 0. The highest BCUT2D eigenvalue weighted by Gasteiger charge is 2.15. The fourth-order valence-corrected chi connectivity index (χ4v) is 4.19. The van der Waals surface area contributed by atoms with Crippen LogP contribution < -0.4 is 5.32 Å². The summed E-state index contributed by atoms with van der Waals surface area (Å²) < 4.78 is 1.84. The summed E-state index contributed by atoms with van der Waals surface area (Å²) in [4.78, 5) is 14.7. The average Bonchev–Trinajstić information content (AvgIpc) is 3.14. The molecular weight excluding hydrogens is 382 g/mol. The minimum absolute atomic E-state index is 0.0196. The molecule has 1 fully saturated rings. The first-order valence-electron chi connectivity index (χ1n) is 9.39. The number of hydrogen-bond donors (Lipinski definition) is 1. The highest BCUT2D eigenvalue weighted by atomic mass is 35.5. The quantitative estimate of drug-likeness (QED) is 0.680. The maximum absolute atomic E-state index is 12.2. The lowest BCUT2D eigenvalue weighted by atomic mass is 10.1. The smallest absolute Gasteiger partial charge is 0.230 e. The van der Waals surface area contributed by atoms with Gasteiger partial charge < -0.3 is 10.2 Å². The van der Waals surface area contributed by atoms with Gasteiger partial charge in [0.05, 0.1) is 11.4 Å². The SMILES string of the molecule is CC(CNC(=O)CSc1nncn1-c1cccc(Cl)c1)CN1CCCCC1. The van der Waals surface area contributed by atoms with Crippen molar-refractivity contribution >= 4 is 29.3 Å². The molecule has 0 aliphatic carbocycles. The molecule has 1 aromatic heterocycles. The zero-order chi connectivity index (χ0) is 19.1. The molecule has 1 unspecified atom stereocenters. The van der Waals surface area contributed by atoms with Gasteiger partial charge in [-0.25, -0.2) is 0 Å². The molecule has 1 saturated heterocycles. The molecule has 27 heavy (non-hydrogen) atoms. The summed E-state index contributed by atoms with van der Waals surface area (Å²) in [5.41, 5.74) is 0.880. The van der Waals surface area contributed by atoms with E-state index in [0.717, 1.165) is 12.2 Å². The van der Waals surface area contributed by atoms with E-state index in [9.17, 15) is 4.79 Å². The van der Waals surface area contributed by atoms with Gasteiger partial charge in [-0.15, -0.1) is 10.2 Å². The van der Waals surface area contributed by atoms with Gasteiger partial charge in [-0.1, -0.05) is 42.8 Å². The number of carbonyl (C=O) groups excluding carboxylic acids is 1. The van der Waals surface area contributed by atoms with Crippen LogP contribution in [0.1, 0.15) is 26.2 Å². The lowest BCUT2D eigenvalue weighted by Gasteiger charge is -2.29. The molecule has 2 heterocycles. The Kier molecular flexibility index (Phi) is 7.55. The lowest BCUT2D eigenvalue weighted by Crippen LogP contribution is -2.38. The van der Waals surface area contributed by atoms with Gasteiger partial charge in [-0.3, -0.25) is 9.36 Å². The minimum Gasteiger partial charge on any atom is -0.355 e.